The average molecular weight is 424 g/mol. The molecule has 2 aromatic heterocycles. The minimum Gasteiger partial charge on any atom is -0.326 e. The first-order valence-corrected chi connectivity index (χ1v) is 10.3. The van der Waals surface area contributed by atoms with Crippen LogP contribution in [0.5, 0.6) is 0 Å². The van der Waals surface area contributed by atoms with E-state index in [1.807, 2.05) is 54.0 Å². The molecule has 1 aliphatic rings. The zero-order valence-electron chi connectivity index (χ0n) is 17.4. The summed E-state index contributed by atoms with van der Waals surface area (Å²) in [4.78, 5) is 43.1. The molecule has 0 atom stereocenters. The van der Waals surface area contributed by atoms with E-state index in [9.17, 15) is 14.4 Å². The first-order valence-electron chi connectivity index (χ1n) is 10.3. The fourth-order valence-corrected chi connectivity index (χ4v) is 3.88. The number of benzene rings is 2. The van der Waals surface area contributed by atoms with Crippen molar-refractivity contribution in [1.29, 1.82) is 0 Å². The number of pyridine rings is 1. The summed E-state index contributed by atoms with van der Waals surface area (Å²) in [5, 5.41) is 2.85. The number of carbonyl (C=O) groups excluding carboxylic acids is 3. The predicted octanol–water partition coefficient (Wildman–Crippen LogP) is 3.93. The molecule has 0 saturated carbocycles. The Morgan fingerprint density at radius 1 is 0.938 bits per heavy atom. The minimum atomic E-state index is -0.359. The number of amides is 3. The summed E-state index contributed by atoms with van der Waals surface area (Å²) >= 11 is 0. The lowest BCUT2D eigenvalue weighted by molar-refractivity contribution is -0.116. The maximum Gasteiger partial charge on any atom is 0.261 e. The summed E-state index contributed by atoms with van der Waals surface area (Å²) in [5.41, 5.74) is 5.06. The van der Waals surface area contributed by atoms with Crippen LogP contribution < -0.4 is 5.32 Å². The van der Waals surface area contributed by atoms with Gasteiger partial charge in [-0.15, -0.1) is 0 Å². The molecule has 0 saturated heterocycles. The van der Waals surface area contributed by atoms with Crippen molar-refractivity contribution < 1.29 is 14.4 Å². The van der Waals surface area contributed by atoms with Crippen LogP contribution in [0.15, 0.2) is 73.1 Å². The molecular weight excluding hydrogens is 404 g/mol. The van der Waals surface area contributed by atoms with Crippen molar-refractivity contribution in [2.24, 2.45) is 0 Å². The molecule has 1 N–H and O–H groups in total. The van der Waals surface area contributed by atoms with Gasteiger partial charge in [-0.25, -0.2) is 4.98 Å². The third kappa shape index (κ3) is 3.54. The normalized spacial score (nSPS) is 13.0. The Kier molecular flexibility index (Phi) is 4.78. The summed E-state index contributed by atoms with van der Waals surface area (Å²) < 4.78 is 1.97. The van der Waals surface area contributed by atoms with Gasteiger partial charge < -0.3 is 9.72 Å². The van der Waals surface area contributed by atoms with Gasteiger partial charge >= 0.3 is 0 Å². The minimum absolute atomic E-state index is 0.0172. The highest BCUT2D eigenvalue weighted by atomic mass is 16.2. The number of nitrogens with one attached hydrogen (secondary N) is 1. The van der Waals surface area contributed by atoms with Crippen molar-refractivity contribution in [2.45, 2.75) is 13.3 Å². The number of rotatable bonds is 5. The lowest BCUT2D eigenvalue weighted by Gasteiger charge is -2.13. The topological polar surface area (TPSA) is 83.8 Å². The van der Waals surface area contributed by atoms with Crippen LogP contribution in [0.3, 0.4) is 0 Å². The number of hydrogen-bond acceptors (Lipinski definition) is 4. The van der Waals surface area contributed by atoms with Gasteiger partial charge in [0.05, 0.1) is 16.8 Å². The second-order valence-electron chi connectivity index (χ2n) is 7.78. The van der Waals surface area contributed by atoms with Crippen LogP contribution in [0.25, 0.3) is 16.9 Å². The number of fused-ring (bicyclic) bond motifs is 2. The van der Waals surface area contributed by atoms with E-state index in [1.54, 1.807) is 30.3 Å². The molecule has 0 spiro atoms. The second-order valence-corrected chi connectivity index (χ2v) is 7.78. The molecule has 0 bridgehead atoms. The van der Waals surface area contributed by atoms with Crippen molar-refractivity contribution in [3.63, 3.8) is 0 Å². The molecule has 5 rings (SSSR count). The number of nitrogens with zero attached hydrogens (tertiary/aromatic N) is 3. The lowest BCUT2D eigenvalue weighted by Crippen LogP contribution is -2.32. The number of anilines is 1. The summed E-state index contributed by atoms with van der Waals surface area (Å²) in [6.45, 7) is 2.06. The molecule has 0 unspecified atom stereocenters. The summed E-state index contributed by atoms with van der Waals surface area (Å²) in [5.74, 6) is -0.991. The Morgan fingerprint density at radius 2 is 1.69 bits per heavy atom. The van der Waals surface area contributed by atoms with E-state index in [0.29, 0.717) is 16.8 Å². The van der Waals surface area contributed by atoms with E-state index in [2.05, 4.69) is 10.3 Å². The lowest BCUT2D eigenvalue weighted by atomic mass is 10.1. The van der Waals surface area contributed by atoms with E-state index in [-0.39, 0.29) is 30.7 Å². The van der Waals surface area contributed by atoms with E-state index in [4.69, 9.17) is 0 Å². The first kappa shape index (κ1) is 19.7. The molecule has 7 heteroatoms. The zero-order chi connectivity index (χ0) is 22.2. The van der Waals surface area contributed by atoms with Gasteiger partial charge in [0.1, 0.15) is 5.65 Å². The van der Waals surface area contributed by atoms with Crippen molar-refractivity contribution in [3.8, 4) is 11.3 Å². The zero-order valence-corrected chi connectivity index (χ0v) is 17.4. The molecule has 32 heavy (non-hydrogen) atoms. The highest BCUT2D eigenvalue weighted by Gasteiger charge is 2.34. The van der Waals surface area contributed by atoms with Crippen molar-refractivity contribution >= 4 is 29.1 Å². The van der Waals surface area contributed by atoms with Gasteiger partial charge in [0.15, 0.2) is 0 Å². The molecule has 0 aliphatic carbocycles. The molecule has 4 aromatic rings. The molecule has 158 valence electrons. The molecule has 0 fully saturated rings. The van der Waals surface area contributed by atoms with E-state index in [0.717, 1.165) is 27.4 Å². The monoisotopic (exact) mass is 424 g/mol. The van der Waals surface area contributed by atoms with E-state index in [1.165, 1.54) is 0 Å². The number of aromatic nitrogens is 2. The van der Waals surface area contributed by atoms with Crippen molar-refractivity contribution in [3.05, 3.63) is 89.7 Å². The van der Waals surface area contributed by atoms with Crippen LogP contribution in [0.4, 0.5) is 5.69 Å². The van der Waals surface area contributed by atoms with Gasteiger partial charge in [0.25, 0.3) is 11.8 Å². The highest BCUT2D eigenvalue weighted by molar-refractivity contribution is 6.21. The fourth-order valence-electron chi connectivity index (χ4n) is 3.88. The Balaban J connectivity index is 1.26. The Labute approximate surface area is 184 Å². The van der Waals surface area contributed by atoms with Crippen LogP contribution in [-0.4, -0.2) is 38.6 Å². The molecule has 7 nitrogen and oxygen atoms in total. The van der Waals surface area contributed by atoms with Gasteiger partial charge in [0.2, 0.25) is 5.91 Å². The highest BCUT2D eigenvalue weighted by Crippen LogP contribution is 2.24. The molecule has 1 aliphatic heterocycles. The van der Waals surface area contributed by atoms with Crippen LogP contribution in [-0.2, 0) is 4.79 Å². The number of aryl methyl sites for hydroxylation is 1. The second kappa shape index (κ2) is 7.77. The first-order chi connectivity index (χ1) is 15.5. The van der Waals surface area contributed by atoms with Crippen LogP contribution in [0, 0.1) is 6.92 Å². The van der Waals surface area contributed by atoms with Gasteiger partial charge in [-0.1, -0.05) is 30.3 Å². The molecular formula is C25H20N4O3. The summed E-state index contributed by atoms with van der Waals surface area (Å²) in [6.07, 6.45) is 3.98. The largest absolute Gasteiger partial charge is 0.326 e. The predicted molar refractivity (Wildman–Crippen MR) is 120 cm³/mol. The third-order valence-electron chi connectivity index (χ3n) is 5.48. The molecule has 2 aromatic carbocycles. The number of imide groups is 1. The van der Waals surface area contributed by atoms with Gasteiger partial charge in [-0.3, -0.25) is 19.3 Å². The summed E-state index contributed by atoms with van der Waals surface area (Å²) in [7, 11) is 0. The average Bonchev–Trinajstić information content (AvgIpc) is 3.32. The van der Waals surface area contributed by atoms with E-state index >= 15 is 0 Å². The van der Waals surface area contributed by atoms with Crippen LogP contribution in [0.2, 0.25) is 0 Å². The van der Waals surface area contributed by atoms with Crippen LogP contribution >= 0.6 is 0 Å². The van der Waals surface area contributed by atoms with Gasteiger partial charge in [0, 0.05) is 36.6 Å². The van der Waals surface area contributed by atoms with Gasteiger partial charge in [-0.05, 0) is 42.8 Å². The SMILES string of the molecule is Cc1ccc2nc(-c3cccc(NC(=O)CCN4C(=O)c5ccccc5C4=O)c3)cn2c1. The molecule has 3 heterocycles. The molecule has 0 radical (unpaired) electrons. The number of imidazole rings is 1. The van der Waals surface area contributed by atoms with Gasteiger partial charge in [-0.2, -0.15) is 0 Å². The maximum absolute atomic E-state index is 12.5. The Hall–Kier alpha value is -4.26. The molecule has 3 amide bonds. The number of hydrogen-bond donors (Lipinski definition) is 1. The smallest absolute Gasteiger partial charge is 0.261 e. The third-order valence-corrected chi connectivity index (χ3v) is 5.48. The number of carbonyl (C=O) groups is 3. The van der Waals surface area contributed by atoms with E-state index < -0.39 is 0 Å². The standard InChI is InChI=1S/C25H20N4O3/c1-16-9-10-22-27-21(15-28(22)14-16)17-5-4-6-18(13-17)26-23(30)11-12-29-24(31)19-7-2-3-8-20(19)25(29)32/h2-10,13-15H,11-12H2,1H3,(H,26,30). The van der Waals surface area contributed by atoms with Crippen molar-refractivity contribution in [2.75, 3.05) is 11.9 Å². The Bertz CT molecular complexity index is 1350. The Morgan fingerprint density at radius 3 is 2.44 bits per heavy atom. The fraction of sp³-hybridized carbons (Fsp3) is 0.120. The quantitative estimate of drug-likeness (QED) is 0.492. The van der Waals surface area contributed by atoms with Crippen molar-refractivity contribution in [1.82, 2.24) is 14.3 Å². The van der Waals surface area contributed by atoms with Crippen LogP contribution in [0.1, 0.15) is 32.7 Å². The maximum atomic E-state index is 12.5. The summed E-state index contributed by atoms with van der Waals surface area (Å²) in [6, 6.07) is 18.1.